The van der Waals surface area contributed by atoms with E-state index in [2.05, 4.69) is 10.2 Å². The molecule has 0 bridgehead atoms. The first-order valence-corrected chi connectivity index (χ1v) is 2.39. The Kier molecular flexibility index (Phi) is 1.20. The van der Waals surface area contributed by atoms with Crippen molar-refractivity contribution in [1.82, 2.24) is 10.2 Å². The summed E-state index contributed by atoms with van der Waals surface area (Å²) in [6.07, 6.45) is 0. The van der Waals surface area contributed by atoms with Crippen molar-refractivity contribution < 1.29 is 4.74 Å². The van der Waals surface area contributed by atoms with Crippen molar-refractivity contribution in [3.05, 3.63) is 11.8 Å². The molecule has 1 N–H and O–H groups in total. The Morgan fingerprint density at radius 2 is 2.50 bits per heavy atom. The number of ether oxygens (including phenoxy) is 1. The van der Waals surface area contributed by atoms with Crippen LogP contribution in [0.3, 0.4) is 0 Å². The second kappa shape index (κ2) is 1.86. The molecule has 8 heavy (non-hydrogen) atoms. The normalized spacial score (nSPS) is 9.25. The largest absolute Gasteiger partial charge is 0.480 e. The van der Waals surface area contributed by atoms with Crippen molar-refractivity contribution in [3.8, 4) is 5.88 Å². The molecule has 0 saturated carbocycles. The minimum Gasteiger partial charge on any atom is -0.480 e. The van der Waals surface area contributed by atoms with Gasteiger partial charge in [0, 0.05) is 11.8 Å². The van der Waals surface area contributed by atoms with Crippen molar-refractivity contribution in [3.63, 3.8) is 0 Å². The Labute approximate surface area is 47.7 Å². The summed E-state index contributed by atoms with van der Waals surface area (Å²) in [5, 5.41) is 6.53. The zero-order chi connectivity index (χ0) is 5.98. The molecule has 0 aliphatic carbocycles. The van der Waals surface area contributed by atoms with E-state index in [-0.39, 0.29) is 0 Å². The van der Waals surface area contributed by atoms with Crippen molar-refractivity contribution >= 4 is 0 Å². The topological polar surface area (TPSA) is 37.9 Å². The van der Waals surface area contributed by atoms with Crippen LogP contribution in [0.1, 0.15) is 5.69 Å². The van der Waals surface area contributed by atoms with E-state index in [0.717, 1.165) is 5.69 Å². The van der Waals surface area contributed by atoms with Gasteiger partial charge in [0.05, 0.1) is 7.11 Å². The third kappa shape index (κ3) is 0.804. The van der Waals surface area contributed by atoms with E-state index in [4.69, 9.17) is 4.74 Å². The molecule has 0 aliphatic heterocycles. The molecule has 3 nitrogen and oxygen atoms in total. The Morgan fingerprint density at radius 3 is 2.75 bits per heavy atom. The summed E-state index contributed by atoms with van der Waals surface area (Å²) < 4.78 is 4.79. The maximum absolute atomic E-state index is 4.79. The maximum atomic E-state index is 4.79. The quantitative estimate of drug-likeness (QED) is 0.581. The first-order chi connectivity index (χ1) is 3.83. The molecule has 1 aromatic rings. The SMILES string of the molecule is COc1cc(C)[nH]n1. The second-order valence-corrected chi connectivity index (χ2v) is 1.59. The van der Waals surface area contributed by atoms with Crippen molar-refractivity contribution in [2.45, 2.75) is 6.92 Å². The number of rotatable bonds is 1. The molecule has 0 aromatic carbocycles. The van der Waals surface area contributed by atoms with Gasteiger partial charge < -0.3 is 4.74 Å². The van der Waals surface area contributed by atoms with Gasteiger partial charge >= 0.3 is 0 Å². The number of aromatic amines is 1. The van der Waals surface area contributed by atoms with Crippen LogP contribution in [0.4, 0.5) is 0 Å². The summed E-state index contributed by atoms with van der Waals surface area (Å²) in [5.74, 6) is 0.641. The van der Waals surface area contributed by atoms with Crippen LogP contribution >= 0.6 is 0 Å². The Bertz CT molecular complexity index is 171. The molecule has 0 amide bonds. The number of aromatic nitrogens is 2. The van der Waals surface area contributed by atoms with Gasteiger partial charge in [-0.1, -0.05) is 0 Å². The Morgan fingerprint density at radius 1 is 1.75 bits per heavy atom. The summed E-state index contributed by atoms with van der Waals surface area (Å²) in [6.45, 7) is 1.93. The van der Waals surface area contributed by atoms with Crippen LogP contribution in [0.2, 0.25) is 0 Å². The lowest BCUT2D eigenvalue weighted by molar-refractivity contribution is 0.397. The van der Waals surface area contributed by atoms with E-state index < -0.39 is 0 Å². The van der Waals surface area contributed by atoms with E-state index in [1.54, 1.807) is 7.11 Å². The minimum absolute atomic E-state index is 0.641. The van der Waals surface area contributed by atoms with Gasteiger partial charge in [0.2, 0.25) is 5.88 Å². The van der Waals surface area contributed by atoms with E-state index in [0.29, 0.717) is 5.88 Å². The third-order valence-corrected chi connectivity index (χ3v) is 0.892. The second-order valence-electron chi connectivity index (χ2n) is 1.59. The van der Waals surface area contributed by atoms with Gasteiger partial charge in [-0.15, -0.1) is 5.10 Å². The fraction of sp³-hybridized carbons (Fsp3) is 0.400. The molecular formula is C5H8N2O. The van der Waals surface area contributed by atoms with Crippen LogP contribution in [0.15, 0.2) is 6.07 Å². The summed E-state index contributed by atoms with van der Waals surface area (Å²) in [7, 11) is 1.59. The average Bonchev–Trinajstić information content (AvgIpc) is 2.14. The fourth-order valence-electron chi connectivity index (χ4n) is 0.498. The van der Waals surface area contributed by atoms with Gasteiger partial charge in [-0.2, -0.15) is 0 Å². The number of H-pyrrole nitrogens is 1. The molecule has 1 rings (SSSR count). The summed E-state index contributed by atoms with van der Waals surface area (Å²) in [4.78, 5) is 0. The molecule has 1 aromatic heterocycles. The van der Waals surface area contributed by atoms with E-state index >= 15 is 0 Å². The summed E-state index contributed by atoms with van der Waals surface area (Å²) >= 11 is 0. The lowest BCUT2D eigenvalue weighted by atomic mass is 10.5. The van der Waals surface area contributed by atoms with Gasteiger partial charge in [-0.3, -0.25) is 5.10 Å². The molecule has 44 valence electrons. The zero-order valence-electron chi connectivity index (χ0n) is 4.93. The fourth-order valence-corrected chi connectivity index (χ4v) is 0.498. The van der Waals surface area contributed by atoms with Crippen molar-refractivity contribution in [2.24, 2.45) is 0 Å². The van der Waals surface area contributed by atoms with E-state index in [1.807, 2.05) is 13.0 Å². The first-order valence-electron chi connectivity index (χ1n) is 2.39. The molecule has 0 unspecified atom stereocenters. The number of nitrogens with zero attached hydrogens (tertiary/aromatic N) is 1. The van der Waals surface area contributed by atoms with Crippen molar-refractivity contribution in [2.75, 3.05) is 7.11 Å². The van der Waals surface area contributed by atoms with Crippen LogP contribution < -0.4 is 4.74 Å². The van der Waals surface area contributed by atoms with Crippen molar-refractivity contribution in [1.29, 1.82) is 0 Å². The molecule has 3 heteroatoms. The number of methoxy groups -OCH3 is 1. The van der Waals surface area contributed by atoms with Gasteiger partial charge in [0.15, 0.2) is 0 Å². The lowest BCUT2D eigenvalue weighted by Crippen LogP contribution is -1.79. The molecule has 0 spiro atoms. The highest BCUT2D eigenvalue weighted by molar-refractivity contribution is 5.11. The van der Waals surface area contributed by atoms with E-state index in [1.165, 1.54) is 0 Å². The standard InChI is InChI=1S/C5H8N2O/c1-4-3-5(8-2)7-6-4/h3H,1-2H3,(H,6,7). The van der Waals surface area contributed by atoms with E-state index in [9.17, 15) is 0 Å². The maximum Gasteiger partial charge on any atom is 0.232 e. The zero-order valence-corrected chi connectivity index (χ0v) is 4.93. The predicted molar refractivity (Wildman–Crippen MR) is 29.9 cm³/mol. The lowest BCUT2D eigenvalue weighted by Gasteiger charge is -1.84. The van der Waals surface area contributed by atoms with Gasteiger partial charge in [-0.05, 0) is 6.92 Å². The van der Waals surface area contributed by atoms with Gasteiger partial charge in [0.1, 0.15) is 0 Å². The summed E-state index contributed by atoms with van der Waals surface area (Å²) in [5.41, 5.74) is 1.02. The number of hydrogen-bond donors (Lipinski definition) is 1. The predicted octanol–water partition coefficient (Wildman–Crippen LogP) is 0.727. The molecule has 0 saturated heterocycles. The van der Waals surface area contributed by atoms with Gasteiger partial charge in [-0.25, -0.2) is 0 Å². The first kappa shape index (κ1) is 5.15. The highest BCUT2D eigenvalue weighted by Crippen LogP contribution is 2.03. The molecule has 0 fully saturated rings. The Balaban J connectivity index is 2.84. The monoisotopic (exact) mass is 112 g/mol. The Hall–Kier alpha value is -0.990. The highest BCUT2D eigenvalue weighted by Gasteiger charge is 1.91. The number of hydrogen-bond acceptors (Lipinski definition) is 2. The number of aryl methyl sites for hydroxylation is 1. The number of nitrogens with one attached hydrogen (secondary N) is 1. The smallest absolute Gasteiger partial charge is 0.232 e. The van der Waals surface area contributed by atoms with Crippen LogP contribution in [0, 0.1) is 6.92 Å². The summed E-state index contributed by atoms with van der Waals surface area (Å²) in [6, 6.07) is 1.83. The molecule has 0 radical (unpaired) electrons. The molecule has 1 heterocycles. The molecule has 0 atom stereocenters. The molecule has 0 aliphatic rings. The average molecular weight is 112 g/mol. The molecular weight excluding hydrogens is 104 g/mol. The van der Waals surface area contributed by atoms with Gasteiger partial charge in [0.25, 0.3) is 0 Å². The third-order valence-electron chi connectivity index (χ3n) is 0.892. The van der Waals surface area contributed by atoms with Crippen LogP contribution in [-0.4, -0.2) is 17.3 Å². The van der Waals surface area contributed by atoms with Crippen LogP contribution in [0.25, 0.3) is 0 Å². The highest BCUT2D eigenvalue weighted by atomic mass is 16.5. The van der Waals surface area contributed by atoms with Crippen LogP contribution in [-0.2, 0) is 0 Å². The van der Waals surface area contributed by atoms with Crippen LogP contribution in [0.5, 0.6) is 5.88 Å². The minimum atomic E-state index is 0.641.